The van der Waals surface area contributed by atoms with Gasteiger partial charge in [-0.2, -0.15) is 0 Å². The van der Waals surface area contributed by atoms with Crippen LogP contribution in [0.5, 0.6) is 28.7 Å². The molecule has 2 N–H and O–H groups in total. The van der Waals surface area contributed by atoms with Crippen LogP contribution in [0.2, 0.25) is 0 Å². The van der Waals surface area contributed by atoms with E-state index in [0.717, 1.165) is 5.56 Å². The Morgan fingerprint density at radius 1 is 0.875 bits per heavy atom. The molecule has 126 valence electrons. The van der Waals surface area contributed by atoms with Crippen molar-refractivity contribution >= 4 is 11.9 Å². The first kappa shape index (κ1) is 17.2. The average Bonchev–Trinajstić information content (AvgIpc) is 2.61. The number of phenols is 2. The number of hydrogen-bond donors (Lipinski definition) is 2. The molecule has 0 saturated carbocycles. The lowest BCUT2D eigenvalue weighted by atomic mass is 10.0. The number of phenolic OH excluding ortho intramolecular Hbond substituents is 2. The van der Waals surface area contributed by atoms with Crippen molar-refractivity contribution in [2.45, 2.75) is 0 Å². The minimum Gasteiger partial charge on any atom is -0.504 e. The summed E-state index contributed by atoms with van der Waals surface area (Å²) in [5.41, 5.74) is 0.605. The van der Waals surface area contributed by atoms with Crippen LogP contribution in [0.4, 0.5) is 0 Å². The Hall–Kier alpha value is -3.15. The largest absolute Gasteiger partial charge is 0.504 e. The maximum Gasteiger partial charge on any atom is 0.211 e. The SMILES string of the molecule is COc1c(O)c(OC)c(C(=O)/C=C/c2ccccc2)c(O)c1OC. The fraction of sp³-hybridized carbons (Fsp3) is 0.167. The van der Waals surface area contributed by atoms with Crippen LogP contribution in [0.1, 0.15) is 15.9 Å². The third-order valence-corrected chi connectivity index (χ3v) is 3.40. The average molecular weight is 330 g/mol. The molecule has 0 aliphatic carbocycles. The minimum atomic E-state index is -0.551. The number of ketones is 1. The summed E-state index contributed by atoms with van der Waals surface area (Å²) >= 11 is 0. The number of methoxy groups -OCH3 is 3. The Balaban J connectivity index is 2.54. The second-order valence-electron chi connectivity index (χ2n) is 4.78. The predicted molar refractivity (Wildman–Crippen MR) is 89.2 cm³/mol. The van der Waals surface area contributed by atoms with E-state index in [1.54, 1.807) is 6.08 Å². The summed E-state index contributed by atoms with van der Waals surface area (Å²) in [5, 5.41) is 20.6. The highest BCUT2D eigenvalue weighted by atomic mass is 16.5. The molecule has 0 heterocycles. The van der Waals surface area contributed by atoms with Gasteiger partial charge in [-0.15, -0.1) is 0 Å². The standard InChI is InChI=1S/C18H18O6/c1-22-16-13(12(19)10-9-11-7-5-4-6-8-11)14(20)17(23-2)18(24-3)15(16)21/h4-10,20-21H,1-3H3/b10-9+. The zero-order valence-corrected chi connectivity index (χ0v) is 13.6. The van der Waals surface area contributed by atoms with Crippen LogP contribution in [0, 0.1) is 0 Å². The maximum atomic E-state index is 12.5. The Labute approximate surface area is 139 Å². The predicted octanol–water partition coefficient (Wildman–Crippen LogP) is 3.02. The first-order valence-electron chi connectivity index (χ1n) is 7.06. The number of rotatable bonds is 6. The van der Waals surface area contributed by atoms with Gasteiger partial charge in [0.15, 0.2) is 17.3 Å². The van der Waals surface area contributed by atoms with Gasteiger partial charge in [0.25, 0.3) is 0 Å². The van der Waals surface area contributed by atoms with Gasteiger partial charge in [-0.1, -0.05) is 36.4 Å². The Morgan fingerprint density at radius 3 is 1.96 bits per heavy atom. The molecule has 0 fully saturated rings. The summed E-state index contributed by atoms with van der Waals surface area (Å²) in [5.74, 6) is -1.89. The van der Waals surface area contributed by atoms with Crippen molar-refractivity contribution in [1.29, 1.82) is 0 Å². The van der Waals surface area contributed by atoms with Crippen molar-refractivity contribution in [2.24, 2.45) is 0 Å². The van der Waals surface area contributed by atoms with Gasteiger partial charge in [0.05, 0.1) is 21.3 Å². The molecule has 0 amide bonds. The van der Waals surface area contributed by atoms with E-state index in [4.69, 9.17) is 14.2 Å². The summed E-state index contributed by atoms with van der Waals surface area (Å²) in [4.78, 5) is 12.5. The molecule has 6 nitrogen and oxygen atoms in total. The summed E-state index contributed by atoms with van der Waals surface area (Å²) < 4.78 is 15.1. The summed E-state index contributed by atoms with van der Waals surface area (Å²) in [6.45, 7) is 0. The normalized spacial score (nSPS) is 10.6. The van der Waals surface area contributed by atoms with Crippen LogP contribution in [0.3, 0.4) is 0 Å². The molecular weight excluding hydrogens is 312 g/mol. The Kier molecular flexibility index (Phi) is 5.31. The summed E-state index contributed by atoms with van der Waals surface area (Å²) in [6.07, 6.45) is 2.87. The molecule has 0 saturated heterocycles. The van der Waals surface area contributed by atoms with Crippen molar-refractivity contribution in [2.75, 3.05) is 21.3 Å². The van der Waals surface area contributed by atoms with E-state index >= 15 is 0 Å². The number of aromatic hydroxyl groups is 2. The van der Waals surface area contributed by atoms with Gasteiger partial charge in [-0.05, 0) is 11.6 Å². The van der Waals surface area contributed by atoms with Gasteiger partial charge in [0.2, 0.25) is 17.2 Å². The topological polar surface area (TPSA) is 85.2 Å². The van der Waals surface area contributed by atoms with Crippen molar-refractivity contribution < 1.29 is 29.2 Å². The summed E-state index contributed by atoms with van der Waals surface area (Å²) in [6, 6.07) is 9.19. The van der Waals surface area contributed by atoms with Gasteiger partial charge in [-0.3, -0.25) is 4.79 Å². The quantitative estimate of drug-likeness (QED) is 0.481. The molecular formula is C18H18O6. The Bertz CT molecular complexity index is 765. The van der Waals surface area contributed by atoms with Gasteiger partial charge in [0, 0.05) is 0 Å². The van der Waals surface area contributed by atoms with E-state index in [2.05, 4.69) is 0 Å². The summed E-state index contributed by atoms with van der Waals surface area (Å²) in [7, 11) is 3.86. The molecule has 0 bridgehead atoms. The molecule has 2 aromatic carbocycles. The fourth-order valence-corrected chi connectivity index (χ4v) is 2.28. The number of ether oxygens (including phenoxy) is 3. The first-order chi connectivity index (χ1) is 11.5. The zero-order valence-electron chi connectivity index (χ0n) is 13.6. The third-order valence-electron chi connectivity index (χ3n) is 3.40. The van der Waals surface area contributed by atoms with E-state index < -0.39 is 17.3 Å². The molecule has 0 aliphatic rings. The van der Waals surface area contributed by atoms with Crippen LogP contribution in [-0.4, -0.2) is 37.3 Å². The first-order valence-corrected chi connectivity index (χ1v) is 7.06. The molecule has 0 atom stereocenters. The number of carbonyl (C=O) groups is 1. The molecule has 6 heteroatoms. The van der Waals surface area contributed by atoms with Crippen LogP contribution in [0.15, 0.2) is 36.4 Å². The van der Waals surface area contributed by atoms with Gasteiger partial charge >= 0.3 is 0 Å². The monoisotopic (exact) mass is 330 g/mol. The van der Waals surface area contributed by atoms with E-state index in [1.807, 2.05) is 30.3 Å². The van der Waals surface area contributed by atoms with Gasteiger partial charge < -0.3 is 24.4 Å². The Morgan fingerprint density at radius 2 is 1.42 bits per heavy atom. The fourth-order valence-electron chi connectivity index (χ4n) is 2.28. The van der Waals surface area contributed by atoms with Crippen molar-refractivity contribution in [3.63, 3.8) is 0 Å². The zero-order chi connectivity index (χ0) is 17.7. The molecule has 0 radical (unpaired) electrons. The second kappa shape index (κ2) is 7.41. The van der Waals surface area contributed by atoms with E-state index in [0.29, 0.717) is 0 Å². The minimum absolute atomic E-state index is 0.115. The highest BCUT2D eigenvalue weighted by Crippen LogP contribution is 2.52. The van der Waals surface area contributed by atoms with E-state index in [9.17, 15) is 15.0 Å². The smallest absolute Gasteiger partial charge is 0.211 e. The van der Waals surface area contributed by atoms with E-state index in [1.165, 1.54) is 27.4 Å². The van der Waals surface area contributed by atoms with Crippen LogP contribution in [0.25, 0.3) is 6.08 Å². The third kappa shape index (κ3) is 3.12. The molecule has 0 aromatic heterocycles. The second-order valence-corrected chi connectivity index (χ2v) is 4.78. The number of allylic oxidation sites excluding steroid dienone is 1. The van der Waals surface area contributed by atoms with Crippen molar-refractivity contribution in [3.8, 4) is 28.7 Å². The van der Waals surface area contributed by atoms with Crippen LogP contribution < -0.4 is 14.2 Å². The van der Waals surface area contributed by atoms with E-state index in [-0.39, 0.29) is 22.8 Å². The lowest BCUT2D eigenvalue weighted by molar-refractivity contribution is 0.104. The van der Waals surface area contributed by atoms with Crippen molar-refractivity contribution in [3.05, 3.63) is 47.5 Å². The molecule has 2 aromatic rings. The lowest BCUT2D eigenvalue weighted by Crippen LogP contribution is -2.03. The molecule has 0 aliphatic heterocycles. The van der Waals surface area contributed by atoms with Crippen LogP contribution in [-0.2, 0) is 0 Å². The van der Waals surface area contributed by atoms with Gasteiger partial charge in [0.1, 0.15) is 5.56 Å². The highest BCUT2D eigenvalue weighted by Gasteiger charge is 2.29. The lowest BCUT2D eigenvalue weighted by Gasteiger charge is -2.17. The highest BCUT2D eigenvalue weighted by molar-refractivity contribution is 6.12. The molecule has 0 unspecified atom stereocenters. The molecule has 24 heavy (non-hydrogen) atoms. The number of benzene rings is 2. The maximum absolute atomic E-state index is 12.5. The van der Waals surface area contributed by atoms with Gasteiger partial charge in [-0.25, -0.2) is 0 Å². The molecule has 2 rings (SSSR count). The van der Waals surface area contributed by atoms with Crippen molar-refractivity contribution in [1.82, 2.24) is 0 Å². The van der Waals surface area contributed by atoms with Crippen LogP contribution >= 0.6 is 0 Å². The number of hydrogen-bond acceptors (Lipinski definition) is 6. The number of carbonyl (C=O) groups excluding carboxylic acids is 1. The molecule has 0 spiro atoms.